The van der Waals surface area contributed by atoms with Crippen LogP contribution in [0, 0.1) is 11.7 Å². The van der Waals surface area contributed by atoms with Crippen LogP contribution in [0.4, 0.5) is 4.39 Å². The largest absolute Gasteiger partial charge is 0.338 e. The standard InChI is InChI=1S/C21H23FN2O2/c1-14(23)16-5-4-12-24(13-16)21(26)19-7-3-2-6-18(19)20(25)15-8-10-17(22)11-9-15/h2-3,6-11,14,16H,4-5,12-13,23H2,1H3/t14-,16-/m0/s1. The number of benzene rings is 2. The van der Waals surface area contributed by atoms with Gasteiger partial charge in [-0.3, -0.25) is 9.59 Å². The highest BCUT2D eigenvalue weighted by Crippen LogP contribution is 2.23. The smallest absolute Gasteiger partial charge is 0.254 e. The maximum absolute atomic E-state index is 13.1. The lowest BCUT2D eigenvalue weighted by Gasteiger charge is -2.35. The number of carbonyl (C=O) groups excluding carboxylic acids is 2. The Morgan fingerprint density at radius 3 is 2.42 bits per heavy atom. The van der Waals surface area contributed by atoms with E-state index in [-0.39, 0.29) is 23.7 Å². The summed E-state index contributed by atoms with van der Waals surface area (Å²) in [7, 11) is 0. The summed E-state index contributed by atoms with van der Waals surface area (Å²) in [4.78, 5) is 27.7. The molecule has 2 aromatic carbocycles. The number of nitrogens with zero attached hydrogens (tertiary/aromatic N) is 1. The van der Waals surface area contributed by atoms with E-state index in [0.29, 0.717) is 29.8 Å². The molecule has 1 saturated heterocycles. The molecule has 4 nitrogen and oxygen atoms in total. The number of nitrogens with two attached hydrogens (primary N) is 1. The van der Waals surface area contributed by atoms with Gasteiger partial charge in [0.1, 0.15) is 5.82 Å². The first kappa shape index (κ1) is 18.3. The first-order chi connectivity index (χ1) is 12.5. The van der Waals surface area contributed by atoms with Crippen LogP contribution in [-0.4, -0.2) is 35.7 Å². The Morgan fingerprint density at radius 2 is 1.77 bits per heavy atom. The number of carbonyl (C=O) groups is 2. The van der Waals surface area contributed by atoms with Gasteiger partial charge < -0.3 is 10.6 Å². The molecule has 2 N–H and O–H groups in total. The molecule has 1 heterocycles. The molecule has 2 atom stereocenters. The van der Waals surface area contributed by atoms with E-state index >= 15 is 0 Å². The second-order valence-corrected chi connectivity index (χ2v) is 6.89. The molecule has 0 bridgehead atoms. The van der Waals surface area contributed by atoms with Crippen LogP contribution in [0.2, 0.25) is 0 Å². The summed E-state index contributed by atoms with van der Waals surface area (Å²) in [6, 6.07) is 12.2. The number of ketones is 1. The van der Waals surface area contributed by atoms with Crippen LogP contribution in [0.5, 0.6) is 0 Å². The van der Waals surface area contributed by atoms with E-state index in [1.54, 1.807) is 29.2 Å². The van der Waals surface area contributed by atoms with Crippen LogP contribution >= 0.6 is 0 Å². The second-order valence-electron chi connectivity index (χ2n) is 6.89. The Labute approximate surface area is 152 Å². The Hall–Kier alpha value is -2.53. The molecule has 0 unspecified atom stereocenters. The SMILES string of the molecule is C[C@H](N)[C@H]1CCCN(C(=O)c2ccccc2C(=O)c2ccc(F)cc2)C1. The summed E-state index contributed by atoms with van der Waals surface area (Å²) in [6.07, 6.45) is 1.92. The summed E-state index contributed by atoms with van der Waals surface area (Å²) < 4.78 is 13.1. The molecule has 136 valence electrons. The molecule has 0 aromatic heterocycles. The molecule has 1 amide bonds. The predicted octanol–water partition coefficient (Wildman–Crippen LogP) is 3.26. The van der Waals surface area contributed by atoms with Crippen LogP contribution in [0.3, 0.4) is 0 Å². The van der Waals surface area contributed by atoms with E-state index in [4.69, 9.17) is 5.73 Å². The van der Waals surface area contributed by atoms with Crippen molar-refractivity contribution in [2.24, 2.45) is 11.7 Å². The molecule has 0 aliphatic carbocycles. The summed E-state index contributed by atoms with van der Waals surface area (Å²) >= 11 is 0. The van der Waals surface area contributed by atoms with Crippen molar-refractivity contribution >= 4 is 11.7 Å². The Bertz CT molecular complexity index is 802. The number of hydrogen-bond donors (Lipinski definition) is 1. The number of piperidine rings is 1. The normalized spacial score (nSPS) is 18.4. The topological polar surface area (TPSA) is 63.4 Å². The van der Waals surface area contributed by atoms with Crippen molar-refractivity contribution in [2.45, 2.75) is 25.8 Å². The number of halogens is 1. The minimum Gasteiger partial charge on any atom is -0.338 e. The summed E-state index contributed by atoms with van der Waals surface area (Å²) in [5.74, 6) is -0.565. The summed E-state index contributed by atoms with van der Waals surface area (Å²) in [6.45, 7) is 3.24. The zero-order valence-corrected chi connectivity index (χ0v) is 14.8. The molecule has 1 aliphatic rings. The van der Waals surface area contributed by atoms with Crippen LogP contribution in [0.25, 0.3) is 0 Å². The van der Waals surface area contributed by atoms with Crippen molar-refractivity contribution in [3.05, 3.63) is 71.0 Å². The Balaban J connectivity index is 1.88. The van der Waals surface area contributed by atoms with Crippen molar-refractivity contribution in [2.75, 3.05) is 13.1 Å². The van der Waals surface area contributed by atoms with Gasteiger partial charge in [-0.05, 0) is 56.0 Å². The lowest BCUT2D eigenvalue weighted by molar-refractivity contribution is 0.0657. The fraction of sp³-hybridized carbons (Fsp3) is 0.333. The molecule has 2 aromatic rings. The number of amides is 1. The van der Waals surface area contributed by atoms with Crippen molar-refractivity contribution in [3.63, 3.8) is 0 Å². The van der Waals surface area contributed by atoms with Crippen LogP contribution < -0.4 is 5.73 Å². The predicted molar refractivity (Wildman–Crippen MR) is 98.6 cm³/mol. The lowest BCUT2D eigenvalue weighted by atomic mass is 9.91. The minimum absolute atomic E-state index is 0.0293. The van der Waals surface area contributed by atoms with Crippen molar-refractivity contribution in [1.82, 2.24) is 4.90 Å². The Kier molecular flexibility index (Phi) is 5.47. The third-order valence-electron chi connectivity index (χ3n) is 5.00. The van der Waals surface area contributed by atoms with Gasteiger partial charge in [0.05, 0.1) is 5.56 Å². The average molecular weight is 354 g/mol. The highest BCUT2D eigenvalue weighted by atomic mass is 19.1. The quantitative estimate of drug-likeness (QED) is 0.857. The highest BCUT2D eigenvalue weighted by Gasteiger charge is 2.28. The molecule has 26 heavy (non-hydrogen) atoms. The maximum Gasteiger partial charge on any atom is 0.254 e. The van der Waals surface area contributed by atoms with Gasteiger partial charge in [0.25, 0.3) is 5.91 Å². The number of rotatable bonds is 4. The minimum atomic E-state index is -0.402. The zero-order valence-electron chi connectivity index (χ0n) is 14.8. The van der Waals surface area contributed by atoms with Crippen LogP contribution in [0.15, 0.2) is 48.5 Å². The second kappa shape index (κ2) is 7.79. The van der Waals surface area contributed by atoms with Crippen LogP contribution in [0.1, 0.15) is 46.0 Å². The van der Waals surface area contributed by atoms with Gasteiger partial charge in [0.2, 0.25) is 0 Å². The third kappa shape index (κ3) is 3.83. The fourth-order valence-electron chi connectivity index (χ4n) is 3.42. The van der Waals surface area contributed by atoms with Crippen LogP contribution in [-0.2, 0) is 0 Å². The highest BCUT2D eigenvalue weighted by molar-refractivity contribution is 6.15. The Morgan fingerprint density at radius 1 is 1.12 bits per heavy atom. The van der Waals surface area contributed by atoms with E-state index in [1.165, 1.54) is 24.3 Å². The van der Waals surface area contributed by atoms with Gasteiger partial charge in [-0.2, -0.15) is 0 Å². The maximum atomic E-state index is 13.1. The van der Waals surface area contributed by atoms with Gasteiger partial charge in [-0.15, -0.1) is 0 Å². The van der Waals surface area contributed by atoms with E-state index in [1.807, 2.05) is 6.92 Å². The van der Waals surface area contributed by atoms with Gasteiger partial charge in [0.15, 0.2) is 5.78 Å². The van der Waals surface area contributed by atoms with E-state index in [0.717, 1.165) is 12.8 Å². The number of hydrogen-bond acceptors (Lipinski definition) is 3. The molecule has 0 radical (unpaired) electrons. The molecule has 0 saturated carbocycles. The molecule has 1 aliphatic heterocycles. The van der Waals surface area contributed by atoms with Gasteiger partial charge in [-0.25, -0.2) is 4.39 Å². The van der Waals surface area contributed by atoms with E-state index < -0.39 is 5.82 Å². The molecule has 1 fully saturated rings. The summed E-state index contributed by atoms with van der Waals surface area (Å²) in [5, 5.41) is 0. The average Bonchev–Trinajstić information content (AvgIpc) is 2.67. The lowest BCUT2D eigenvalue weighted by Crippen LogP contribution is -2.45. The fourth-order valence-corrected chi connectivity index (χ4v) is 3.42. The monoisotopic (exact) mass is 354 g/mol. The van der Waals surface area contributed by atoms with Crippen molar-refractivity contribution in [3.8, 4) is 0 Å². The van der Waals surface area contributed by atoms with Crippen molar-refractivity contribution < 1.29 is 14.0 Å². The van der Waals surface area contributed by atoms with E-state index in [2.05, 4.69) is 0 Å². The van der Waals surface area contributed by atoms with Gasteiger partial charge in [-0.1, -0.05) is 18.2 Å². The van der Waals surface area contributed by atoms with Gasteiger partial charge >= 0.3 is 0 Å². The van der Waals surface area contributed by atoms with Crippen molar-refractivity contribution in [1.29, 1.82) is 0 Å². The first-order valence-corrected chi connectivity index (χ1v) is 8.91. The first-order valence-electron chi connectivity index (χ1n) is 8.91. The summed E-state index contributed by atoms with van der Waals surface area (Å²) in [5.41, 5.74) is 7.09. The molecule has 0 spiro atoms. The zero-order chi connectivity index (χ0) is 18.7. The molecular formula is C21H23FN2O2. The van der Waals surface area contributed by atoms with E-state index in [9.17, 15) is 14.0 Å². The molecule has 5 heteroatoms. The molecule has 3 rings (SSSR count). The number of likely N-dealkylation sites (tertiary alicyclic amines) is 1. The molecular weight excluding hydrogens is 331 g/mol. The third-order valence-corrected chi connectivity index (χ3v) is 5.00. The van der Waals surface area contributed by atoms with Gasteiger partial charge in [0, 0.05) is 30.3 Å².